The van der Waals surface area contributed by atoms with Crippen LogP contribution in [0.3, 0.4) is 0 Å². The monoisotopic (exact) mass is 446 g/mol. The number of H-pyrrole nitrogens is 1. The first-order valence-electron chi connectivity index (χ1n) is 10.2. The highest BCUT2D eigenvalue weighted by Crippen LogP contribution is 2.15. The first kappa shape index (κ1) is 21.0. The van der Waals surface area contributed by atoms with Crippen molar-refractivity contribution in [2.24, 2.45) is 7.05 Å². The summed E-state index contributed by atoms with van der Waals surface area (Å²) in [7, 11) is 1.81. The second kappa shape index (κ2) is 8.88. The molecule has 0 unspecified atom stereocenters. The van der Waals surface area contributed by atoms with E-state index in [0.717, 1.165) is 12.8 Å². The molecule has 4 rings (SSSR count). The lowest BCUT2D eigenvalue weighted by atomic mass is 10.2. The van der Waals surface area contributed by atoms with Gasteiger partial charge in [0.25, 0.3) is 11.4 Å². The number of nitrogens with zero attached hydrogens (tertiary/aromatic N) is 7. The van der Waals surface area contributed by atoms with Crippen LogP contribution in [0.25, 0.3) is 22.7 Å². The van der Waals surface area contributed by atoms with Crippen molar-refractivity contribution in [2.75, 3.05) is 0 Å². The maximum atomic E-state index is 12.9. The lowest BCUT2D eigenvalue weighted by molar-refractivity contribution is 0.418. The molecule has 0 saturated carbocycles. The molecule has 0 aliphatic rings. The topological polar surface area (TPSA) is 129 Å². The SMILES string of the molecule is CCCCn1c(=O)n(CCCCc2noc(-c3ccn(C)n3)n2)c(=O)c2[nH]c(Cl)nc21. The Hall–Kier alpha value is -3.21. The standard InChI is InChI=1S/C19H23ClN8O3/c1-3-4-9-27-15-14(22-18(20)23-15)17(29)28(19(27)30)10-6-5-7-13-21-16(31-25-13)12-8-11-26(2)24-12/h8,11H,3-7,9-10H2,1-2H3,(H,22,23). The van der Waals surface area contributed by atoms with Gasteiger partial charge in [0.15, 0.2) is 22.7 Å². The Morgan fingerprint density at radius 3 is 2.68 bits per heavy atom. The molecule has 0 amide bonds. The first-order chi connectivity index (χ1) is 15.0. The predicted octanol–water partition coefficient (Wildman–Crippen LogP) is 2.15. The van der Waals surface area contributed by atoms with Crippen LogP contribution in [0.4, 0.5) is 0 Å². The van der Waals surface area contributed by atoms with Gasteiger partial charge in [-0.3, -0.25) is 18.6 Å². The normalized spacial score (nSPS) is 11.6. The van der Waals surface area contributed by atoms with E-state index < -0.39 is 5.56 Å². The van der Waals surface area contributed by atoms with Crippen molar-refractivity contribution in [2.45, 2.75) is 52.1 Å². The van der Waals surface area contributed by atoms with Crippen molar-refractivity contribution in [1.29, 1.82) is 0 Å². The zero-order chi connectivity index (χ0) is 22.0. The van der Waals surface area contributed by atoms with Crippen LogP contribution >= 0.6 is 11.6 Å². The molecule has 0 aliphatic heterocycles. The van der Waals surface area contributed by atoms with Crippen molar-refractivity contribution in [3.05, 3.63) is 44.2 Å². The second-order valence-corrected chi connectivity index (χ2v) is 7.68. The fraction of sp³-hybridized carbons (Fsp3) is 0.474. The molecule has 4 aromatic heterocycles. The maximum absolute atomic E-state index is 12.9. The largest absolute Gasteiger partial charge is 0.332 e. The second-order valence-electron chi connectivity index (χ2n) is 7.32. The lowest BCUT2D eigenvalue weighted by Crippen LogP contribution is -2.40. The number of imidazole rings is 1. The van der Waals surface area contributed by atoms with Crippen molar-refractivity contribution in [1.82, 2.24) is 39.0 Å². The maximum Gasteiger partial charge on any atom is 0.332 e. The zero-order valence-electron chi connectivity index (χ0n) is 17.3. The molecule has 0 atom stereocenters. The lowest BCUT2D eigenvalue weighted by Gasteiger charge is -2.10. The van der Waals surface area contributed by atoms with Gasteiger partial charge in [0.05, 0.1) is 0 Å². The minimum Gasteiger partial charge on any atom is -0.332 e. The van der Waals surface area contributed by atoms with E-state index in [1.807, 2.05) is 14.0 Å². The van der Waals surface area contributed by atoms with E-state index >= 15 is 0 Å². The minimum absolute atomic E-state index is 0.0929. The Kier molecular flexibility index (Phi) is 6.03. The van der Waals surface area contributed by atoms with E-state index in [0.29, 0.717) is 48.9 Å². The number of aryl methyl sites for hydroxylation is 3. The molecule has 4 aromatic rings. The third kappa shape index (κ3) is 4.31. The van der Waals surface area contributed by atoms with E-state index in [1.165, 1.54) is 9.13 Å². The van der Waals surface area contributed by atoms with Crippen LogP contribution in [0.15, 0.2) is 26.4 Å². The van der Waals surface area contributed by atoms with Gasteiger partial charge in [-0.05, 0) is 36.9 Å². The third-order valence-corrected chi connectivity index (χ3v) is 5.18. The average molecular weight is 447 g/mol. The van der Waals surface area contributed by atoms with Crippen LogP contribution in [0, 0.1) is 0 Å². The number of aromatic amines is 1. The summed E-state index contributed by atoms with van der Waals surface area (Å²) < 4.78 is 9.67. The Morgan fingerprint density at radius 1 is 1.13 bits per heavy atom. The Balaban J connectivity index is 1.46. The summed E-state index contributed by atoms with van der Waals surface area (Å²) in [5, 5.41) is 8.30. The van der Waals surface area contributed by atoms with Crippen LogP contribution in [-0.2, 0) is 26.6 Å². The van der Waals surface area contributed by atoms with Gasteiger partial charge in [-0.2, -0.15) is 15.1 Å². The molecule has 0 saturated heterocycles. The van der Waals surface area contributed by atoms with E-state index in [4.69, 9.17) is 16.1 Å². The van der Waals surface area contributed by atoms with Gasteiger partial charge in [0.2, 0.25) is 5.28 Å². The fourth-order valence-corrected chi connectivity index (χ4v) is 3.57. The quantitative estimate of drug-likeness (QED) is 0.308. The third-order valence-electron chi connectivity index (χ3n) is 5.00. The number of halogens is 1. The minimum atomic E-state index is -0.413. The predicted molar refractivity (Wildman–Crippen MR) is 114 cm³/mol. The van der Waals surface area contributed by atoms with Gasteiger partial charge >= 0.3 is 5.69 Å². The van der Waals surface area contributed by atoms with Gasteiger partial charge in [0, 0.05) is 32.8 Å². The molecule has 0 spiro atoms. The Bertz CT molecular complexity index is 1310. The molecule has 0 bridgehead atoms. The number of hydrogen-bond donors (Lipinski definition) is 1. The molecule has 0 aliphatic carbocycles. The van der Waals surface area contributed by atoms with Gasteiger partial charge < -0.3 is 9.51 Å². The number of rotatable bonds is 9. The molecule has 11 nitrogen and oxygen atoms in total. The zero-order valence-corrected chi connectivity index (χ0v) is 18.1. The molecule has 4 heterocycles. The highest BCUT2D eigenvalue weighted by atomic mass is 35.5. The molecule has 164 valence electrons. The van der Waals surface area contributed by atoms with Crippen LogP contribution in [0.1, 0.15) is 38.4 Å². The summed E-state index contributed by atoms with van der Waals surface area (Å²) in [6.07, 6.45) is 5.36. The van der Waals surface area contributed by atoms with Crippen molar-refractivity contribution in [3.8, 4) is 11.6 Å². The number of aromatic nitrogens is 8. The highest BCUT2D eigenvalue weighted by Gasteiger charge is 2.17. The molecule has 31 heavy (non-hydrogen) atoms. The van der Waals surface area contributed by atoms with Gasteiger partial charge in [-0.15, -0.1) is 0 Å². The van der Waals surface area contributed by atoms with Crippen molar-refractivity contribution < 1.29 is 4.52 Å². The van der Waals surface area contributed by atoms with Crippen molar-refractivity contribution >= 4 is 22.8 Å². The van der Waals surface area contributed by atoms with Crippen molar-refractivity contribution in [3.63, 3.8) is 0 Å². The number of nitrogens with one attached hydrogen (secondary N) is 1. The number of unbranched alkanes of at least 4 members (excludes halogenated alkanes) is 2. The summed E-state index contributed by atoms with van der Waals surface area (Å²) in [6.45, 7) is 2.79. The summed E-state index contributed by atoms with van der Waals surface area (Å²) in [4.78, 5) is 36.9. The van der Waals surface area contributed by atoms with Crippen LogP contribution in [0.2, 0.25) is 5.28 Å². The molecular formula is C19H23ClN8O3. The number of hydrogen-bond acceptors (Lipinski definition) is 7. The van der Waals surface area contributed by atoms with Crippen LogP contribution < -0.4 is 11.2 Å². The summed E-state index contributed by atoms with van der Waals surface area (Å²) in [5.41, 5.74) is 0.389. The first-order valence-corrected chi connectivity index (χ1v) is 10.6. The number of fused-ring (bicyclic) bond motifs is 1. The molecule has 0 radical (unpaired) electrons. The van der Waals surface area contributed by atoms with E-state index in [9.17, 15) is 9.59 Å². The molecule has 0 aromatic carbocycles. The summed E-state index contributed by atoms with van der Waals surface area (Å²) >= 11 is 5.95. The van der Waals surface area contributed by atoms with Gasteiger partial charge in [-0.25, -0.2) is 4.79 Å². The highest BCUT2D eigenvalue weighted by molar-refractivity contribution is 6.28. The fourth-order valence-electron chi connectivity index (χ4n) is 3.40. The average Bonchev–Trinajstić information content (AvgIpc) is 3.47. The molecule has 1 N–H and O–H groups in total. The summed E-state index contributed by atoms with van der Waals surface area (Å²) in [5.74, 6) is 0.927. The van der Waals surface area contributed by atoms with Gasteiger partial charge in [-0.1, -0.05) is 18.5 Å². The Morgan fingerprint density at radius 2 is 1.94 bits per heavy atom. The van der Waals surface area contributed by atoms with Crippen LogP contribution in [0.5, 0.6) is 0 Å². The molecule has 12 heteroatoms. The van der Waals surface area contributed by atoms with E-state index in [-0.39, 0.29) is 23.0 Å². The van der Waals surface area contributed by atoms with Crippen LogP contribution in [-0.4, -0.2) is 39.0 Å². The van der Waals surface area contributed by atoms with Gasteiger partial charge in [0.1, 0.15) is 0 Å². The molecular weight excluding hydrogens is 424 g/mol. The van der Waals surface area contributed by atoms with E-state index in [1.54, 1.807) is 16.9 Å². The summed E-state index contributed by atoms with van der Waals surface area (Å²) in [6, 6.07) is 1.80. The Labute approximate surface area is 181 Å². The molecule has 0 fully saturated rings. The smallest absolute Gasteiger partial charge is 0.332 e. The van der Waals surface area contributed by atoms with E-state index in [2.05, 4.69) is 25.2 Å².